The van der Waals surface area contributed by atoms with Crippen molar-refractivity contribution in [3.63, 3.8) is 0 Å². The fraction of sp³-hybridized carbons (Fsp3) is 0.588. The molecule has 0 amide bonds. The molecule has 0 spiro atoms. The maximum Gasteiger partial charge on any atom is 0.0926 e. The lowest BCUT2D eigenvalue weighted by Gasteiger charge is -2.50. The minimum atomic E-state index is -0.687. The van der Waals surface area contributed by atoms with E-state index in [-0.39, 0.29) is 0 Å². The Morgan fingerprint density at radius 2 is 1.85 bits per heavy atom. The minimum absolute atomic E-state index is 0.437. The van der Waals surface area contributed by atoms with Gasteiger partial charge in [0.15, 0.2) is 0 Å². The van der Waals surface area contributed by atoms with Gasteiger partial charge in [0.25, 0.3) is 0 Å². The van der Waals surface area contributed by atoms with Crippen molar-refractivity contribution in [1.82, 2.24) is 4.90 Å². The molecule has 2 atom stereocenters. The van der Waals surface area contributed by atoms with E-state index in [4.69, 9.17) is 5.26 Å². The van der Waals surface area contributed by atoms with Gasteiger partial charge in [0.05, 0.1) is 18.1 Å². The highest BCUT2D eigenvalue weighted by Gasteiger charge is 2.44. The van der Waals surface area contributed by atoms with Crippen molar-refractivity contribution in [2.24, 2.45) is 0 Å². The number of fused-ring (bicyclic) bond motifs is 2. The molecule has 2 saturated heterocycles. The Hall–Kier alpha value is -1.37. The molecular formula is C17H22N2O. The summed E-state index contributed by atoms with van der Waals surface area (Å²) in [5.41, 5.74) is 1.35. The Kier molecular flexibility index (Phi) is 3.54. The molecule has 1 aromatic carbocycles. The third-order valence-corrected chi connectivity index (χ3v) is 5.15. The van der Waals surface area contributed by atoms with Crippen LogP contribution in [-0.4, -0.2) is 29.1 Å². The zero-order chi connectivity index (χ0) is 14.2. The van der Waals surface area contributed by atoms with E-state index in [1.54, 1.807) is 0 Å². The van der Waals surface area contributed by atoms with Gasteiger partial charge < -0.3 is 10.0 Å². The summed E-state index contributed by atoms with van der Waals surface area (Å²) in [6, 6.07) is 11.1. The van der Waals surface area contributed by atoms with E-state index in [9.17, 15) is 5.11 Å². The molecule has 0 radical (unpaired) electrons. The SMILES string of the molecule is CN1C2CCCC1CC(O)(c1ccc(CC#N)cc1)C2. The van der Waals surface area contributed by atoms with E-state index in [2.05, 4.69) is 18.0 Å². The zero-order valence-corrected chi connectivity index (χ0v) is 12.0. The summed E-state index contributed by atoms with van der Waals surface area (Å²) in [6.45, 7) is 0. The molecule has 2 unspecified atom stereocenters. The molecule has 2 heterocycles. The van der Waals surface area contributed by atoms with E-state index < -0.39 is 5.60 Å². The fourth-order valence-electron chi connectivity index (χ4n) is 3.91. The number of hydrogen-bond acceptors (Lipinski definition) is 3. The van der Waals surface area contributed by atoms with Gasteiger partial charge >= 0.3 is 0 Å². The standard InChI is InChI=1S/C17H22N2O/c1-19-15-3-2-4-16(19)12-17(20,11-15)14-7-5-13(6-8-14)9-10-18/h5-8,15-16,20H,2-4,9,11-12H2,1H3. The highest BCUT2D eigenvalue weighted by Crippen LogP contribution is 2.43. The number of rotatable bonds is 2. The van der Waals surface area contributed by atoms with Gasteiger partial charge in [-0.3, -0.25) is 0 Å². The first kappa shape index (κ1) is 13.6. The fourth-order valence-corrected chi connectivity index (χ4v) is 3.91. The number of aliphatic hydroxyl groups is 1. The highest BCUT2D eigenvalue weighted by atomic mass is 16.3. The second-order valence-electron chi connectivity index (χ2n) is 6.38. The number of nitriles is 1. The van der Waals surface area contributed by atoms with Gasteiger partial charge in [-0.25, -0.2) is 0 Å². The van der Waals surface area contributed by atoms with Crippen LogP contribution in [0.1, 0.15) is 43.2 Å². The second-order valence-corrected chi connectivity index (χ2v) is 6.38. The monoisotopic (exact) mass is 270 g/mol. The zero-order valence-electron chi connectivity index (χ0n) is 12.0. The highest BCUT2D eigenvalue weighted by molar-refractivity contribution is 5.29. The molecule has 3 rings (SSSR count). The van der Waals surface area contributed by atoms with Gasteiger partial charge in [0, 0.05) is 12.1 Å². The summed E-state index contributed by atoms with van der Waals surface area (Å²) in [7, 11) is 2.20. The number of nitrogens with zero attached hydrogens (tertiary/aromatic N) is 2. The minimum Gasteiger partial charge on any atom is -0.385 e. The van der Waals surface area contributed by atoms with Gasteiger partial charge in [-0.1, -0.05) is 30.7 Å². The molecule has 2 fully saturated rings. The Morgan fingerprint density at radius 3 is 2.40 bits per heavy atom. The third-order valence-electron chi connectivity index (χ3n) is 5.15. The molecule has 106 valence electrons. The first-order valence-electron chi connectivity index (χ1n) is 7.53. The van der Waals surface area contributed by atoms with Crippen molar-refractivity contribution < 1.29 is 5.11 Å². The van der Waals surface area contributed by atoms with E-state index >= 15 is 0 Å². The van der Waals surface area contributed by atoms with E-state index in [1.165, 1.54) is 19.3 Å². The summed E-state index contributed by atoms with van der Waals surface area (Å²) in [6.07, 6.45) is 5.78. The molecule has 2 aliphatic heterocycles. The maximum atomic E-state index is 11.1. The van der Waals surface area contributed by atoms with Crippen LogP contribution in [0.3, 0.4) is 0 Å². The predicted molar refractivity (Wildman–Crippen MR) is 78.1 cm³/mol. The van der Waals surface area contributed by atoms with Crippen LogP contribution < -0.4 is 0 Å². The van der Waals surface area contributed by atoms with Crippen molar-refractivity contribution in [1.29, 1.82) is 5.26 Å². The second kappa shape index (κ2) is 5.20. The average molecular weight is 270 g/mol. The quantitative estimate of drug-likeness (QED) is 0.898. The molecule has 3 nitrogen and oxygen atoms in total. The lowest BCUT2D eigenvalue weighted by Crippen LogP contribution is -2.55. The van der Waals surface area contributed by atoms with Crippen LogP contribution >= 0.6 is 0 Å². The number of hydrogen-bond donors (Lipinski definition) is 1. The lowest BCUT2D eigenvalue weighted by atomic mass is 9.73. The molecule has 1 aromatic rings. The molecule has 2 bridgehead atoms. The summed E-state index contributed by atoms with van der Waals surface area (Å²) < 4.78 is 0. The van der Waals surface area contributed by atoms with E-state index in [1.807, 2.05) is 24.3 Å². The summed E-state index contributed by atoms with van der Waals surface area (Å²) in [5.74, 6) is 0. The Bertz CT molecular complexity index is 503. The topological polar surface area (TPSA) is 47.3 Å². The van der Waals surface area contributed by atoms with Gasteiger partial charge in [0.1, 0.15) is 0 Å². The largest absolute Gasteiger partial charge is 0.385 e. The third kappa shape index (κ3) is 2.34. The molecular weight excluding hydrogens is 248 g/mol. The van der Waals surface area contributed by atoms with Crippen LogP contribution in [0.2, 0.25) is 0 Å². The average Bonchev–Trinajstić information content (AvgIpc) is 2.42. The first-order chi connectivity index (χ1) is 9.62. The van der Waals surface area contributed by atoms with E-state index in [0.29, 0.717) is 18.5 Å². The first-order valence-corrected chi connectivity index (χ1v) is 7.53. The molecule has 0 saturated carbocycles. The van der Waals surface area contributed by atoms with Crippen molar-refractivity contribution in [3.05, 3.63) is 35.4 Å². The molecule has 1 N–H and O–H groups in total. The van der Waals surface area contributed by atoms with Gasteiger partial charge in [0.2, 0.25) is 0 Å². The molecule has 3 heteroatoms. The van der Waals surface area contributed by atoms with Crippen LogP contribution in [0.5, 0.6) is 0 Å². The van der Waals surface area contributed by atoms with Crippen molar-refractivity contribution in [2.75, 3.05) is 7.05 Å². The molecule has 2 aliphatic rings. The van der Waals surface area contributed by atoms with Crippen LogP contribution in [-0.2, 0) is 12.0 Å². The van der Waals surface area contributed by atoms with E-state index in [0.717, 1.165) is 24.0 Å². The number of benzene rings is 1. The Morgan fingerprint density at radius 1 is 1.25 bits per heavy atom. The molecule has 20 heavy (non-hydrogen) atoms. The summed E-state index contributed by atoms with van der Waals surface area (Å²) in [5, 5.41) is 19.8. The van der Waals surface area contributed by atoms with Crippen molar-refractivity contribution in [3.8, 4) is 6.07 Å². The maximum absolute atomic E-state index is 11.1. The van der Waals surface area contributed by atoms with Crippen molar-refractivity contribution in [2.45, 2.75) is 56.2 Å². The van der Waals surface area contributed by atoms with Crippen molar-refractivity contribution >= 4 is 0 Å². The van der Waals surface area contributed by atoms with Gasteiger partial charge in [-0.15, -0.1) is 0 Å². The normalized spacial score (nSPS) is 33.6. The Labute approximate surface area is 120 Å². The van der Waals surface area contributed by atoms with Crippen LogP contribution in [0, 0.1) is 11.3 Å². The molecule has 0 aliphatic carbocycles. The summed E-state index contributed by atoms with van der Waals surface area (Å²) >= 11 is 0. The number of piperidine rings is 2. The van der Waals surface area contributed by atoms with Crippen LogP contribution in [0.4, 0.5) is 0 Å². The van der Waals surface area contributed by atoms with Gasteiger partial charge in [-0.05, 0) is 43.9 Å². The van der Waals surface area contributed by atoms with Crippen LogP contribution in [0.25, 0.3) is 0 Å². The lowest BCUT2D eigenvalue weighted by molar-refractivity contribution is -0.0874. The summed E-state index contributed by atoms with van der Waals surface area (Å²) in [4.78, 5) is 2.46. The van der Waals surface area contributed by atoms with Crippen LogP contribution in [0.15, 0.2) is 24.3 Å². The Balaban J connectivity index is 1.83. The molecule has 0 aromatic heterocycles. The smallest absolute Gasteiger partial charge is 0.0926 e. The predicted octanol–water partition coefficient (Wildman–Crippen LogP) is 2.59. The van der Waals surface area contributed by atoms with Gasteiger partial charge in [-0.2, -0.15) is 5.26 Å².